The highest BCUT2D eigenvalue weighted by Gasteiger charge is 2.26. The fraction of sp³-hybridized carbons (Fsp3) is 0.467. The summed E-state index contributed by atoms with van der Waals surface area (Å²) in [6, 6.07) is 8.54. The molecule has 0 aliphatic rings. The number of rotatable bonds is 4. The van der Waals surface area contributed by atoms with Gasteiger partial charge in [0, 0.05) is 5.41 Å². The Balaban J connectivity index is 2.27. The van der Waals surface area contributed by atoms with Crippen molar-refractivity contribution in [2.45, 2.75) is 45.6 Å². The first-order valence-electron chi connectivity index (χ1n) is 6.76. The second-order valence-electron chi connectivity index (χ2n) is 6.15. The summed E-state index contributed by atoms with van der Waals surface area (Å²) in [7, 11) is 0. The van der Waals surface area contributed by atoms with Crippen molar-refractivity contribution in [3.63, 3.8) is 0 Å². The lowest BCUT2D eigenvalue weighted by atomic mass is 9.89. The van der Waals surface area contributed by atoms with Crippen LogP contribution in [-0.4, -0.2) is 9.59 Å². The summed E-state index contributed by atoms with van der Waals surface area (Å²) in [5.74, 6) is 5.76. The molecular weight excluding hydrogens is 268 g/mol. The number of nitrogens with zero attached hydrogens (tertiary/aromatic N) is 2. The monoisotopic (exact) mass is 290 g/mol. The van der Waals surface area contributed by atoms with Crippen LogP contribution in [0.1, 0.15) is 48.5 Å². The summed E-state index contributed by atoms with van der Waals surface area (Å²) in [6.45, 7) is 8.54. The first-order valence-corrected chi connectivity index (χ1v) is 7.53. The maximum Gasteiger partial charge on any atom is 0.0857 e. The van der Waals surface area contributed by atoms with Crippen molar-refractivity contribution in [3.05, 3.63) is 46.0 Å². The molecule has 20 heavy (non-hydrogen) atoms. The molecule has 1 heterocycles. The lowest BCUT2D eigenvalue weighted by Crippen LogP contribution is -2.31. The number of hydrogen-bond donors (Lipinski definition) is 2. The summed E-state index contributed by atoms with van der Waals surface area (Å²) in [4.78, 5) is 1.13. The molecular formula is C15H22N4S. The zero-order valence-electron chi connectivity index (χ0n) is 12.5. The van der Waals surface area contributed by atoms with E-state index in [1.54, 1.807) is 0 Å². The van der Waals surface area contributed by atoms with Crippen molar-refractivity contribution in [1.82, 2.24) is 15.0 Å². The smallest absolute Gasteiger partial charge is 0.0857 e. The van der Waals surface area contributed by atoms with Crippen molar-refractivity contribution in [2.75, 3.05) is 0 Å². The summed E-state index contributed by atoms with van der Waals surface area (Å²) in [5.41, 5.74) is 6.44. The fourth-order valence-electron chi connectivity index (χ4n) is 2.25. The van der Waals surface area contributed by atoms with E-state index in [2.05, 4.69) is 67.0 Å². The Bertz CT molecular complexity index is 571. The molecule has 108 valence electrons. The van der Waals surface area contributed by atoms with Crippen molar-refractivity contribution < 1.29 is 0 Å². The molecule has 0 amide bonds. The van der Waals surface area contributed by atoms with Crippen molar-refractivity contribution in [3.8, 4) is 0 Å². The van der Waals surface area contributed by atoms with Crippen LogP contribution < -0.4 is 11.3 Å². The van der Waals surface area contributed by atoms with Crippen LogP contribution >= 0.6 is 11.5 Å². The Morgan fingerprint density at radius 3 is 2.70 bits per heavy atom. The highest BCUT2D eigenvalue weighted by Crippen LogP contribution is 2.31. The lowest BCUT2D eigenvalue weighted by molar-refractivity contribution is 0.515. The molecule has 0 fully saturated rings. The summed E-state index contributed by atoms with van der Waals surface area (Å²) in [5, 5.41) is 4.29. The van der Waals surface area contributed by atoms with Crippen LogP contribution in [0.3, 0.4) is 0 Å². The molecule has 1 aromatic carbocycles. The third-order valence-electron chi connectivity index (χ3n) is 3.26. The van der Waals surface area contributed by atoms with Crippen LogP contribution in [0.2, 0.25) is 0 Å². The SMILES string of the molecule is Cc1cccc(CC(NN)c2snnc2C(C)(C)C)c1. The van der Waals surface area contributed by atoms with Gasteiger partial charge < -0.3 is 0 Å². The predicted octanol–water partition coefficient (Wildman–Crippen LogP) is 2.89. The van der Waals surface area contributed by atoms with Gasteiger partial charge in [-0.2, -0.15) is 0 Å². The van der Waals surface area contributed by atoms with Gasteiger partial charge in [0.05, 0.1) is 16.6 Å². The Morgan fingerprint density at radius 1 is 1.35 bits per heavy atom. The molecule has 1 unspecified atom stereocenters. The number of benzene rings is 1. The van der Waals surface area contributed by atoms with Gasteiger partial charge in [0.1, 0.15) is 0 Å². The largest absolute Gasteiger partial charge is 0.271 e. The maximum absolute atomic E-state index is 5.76. The Labute approximate surface area is 124 Å². The Morgan fingerprint density at radius 2 is 2.10 bits per heavy atom. The van der Waals surface area contributed by atoms with Gasteiger partial charge in [0.2, 0.25) is 0 Å². The molecule has 1 aromatic heterocycles. The average Bonchev–Trinajstić information content (AvgIpc) is 2.85. The van der Waals surface area contributed by atoms with Gasteiger partial charge in [-0.15, -0.1) is 5.10 Å². The van der Waals surface area contributed by atoms with Gasteiger partial charge in [0.15, 0.2) is 0 Å². The third-order valence-corrected chi connectivity index (χ3v) is 4.10. The number of hydrazine groups is 1. The van der Waals surface area contributed by atoms with E-state index in [0.29, 0.717) is 0 Å². The highest BCUT2D eigenvalue weighted by molar-refractivity contribution is 7.05. The summed E-state index contributed by atoms with van der Waals surface area (Å²) in [6.07, 6.45) is 0.838. The van der Waals surface area contributed by atoms with Crippen LogP contribution in [0.25, 0.3) is 0 Å². The average molecular weight is 290 g/mol. The molecule has 5 heteroatoms. The quantitative estimate of drug-likeness (QED) is 0.671. The summed E-state index contributed by atoms with van der Waals surface area (Å²) < 4.78 is 4.11. The van der Waals surface area contributed by atoms with E-state index in [9.17, 15) is 0 Å². The van der Waals surface area contributed by atoms with Crippen LogP contribution in [0.15, 0.2) is 24.3 Å². The van der Waals surface area contributed by atoms with Crippen molar-refractivity contribution >= 4 is 11.5 Å². The van der Waals surface area contributed by atoms with Crippen LogP contribution in [0, 0.1) is 6.92 Å². The van der Waals surface area contributed by atoms with E-state index in [1.807, 2.05) is 0 Å². The molecule has 0 saturated heterocycles. The van der Waals surface area contributed by atoms with Gasteiger partial charge in [-0.1, -0.05) is 55.1 Å². The molecule has 4 nitrogen and oxygen atoms in total. The fourth-order valence-corrected chi connectivity index (χ4v) is 3.17. The number of nitrogens with two attached hydrogens (primary N) is 1. The third kappa shape index (κ3) is 3.42. The van der Waals surface area contributed by atoms with Crippen LogP contribution in [0.5, 0.6) is 0 Å². The number of nitrogens with one attached hydrogen (secondary N) is 1. The standard InChI is InChI=1S/C15H22N4S/c1-10-6-5-7-11(8-10)9-12(17-16)13-14(15(2,3)4)18-19-20-13/h5-8,12,17H,9,16H2,1-4H3. The van der Waals surface area contributed by atoms with E-state index >= 15 is 0 Å². The molecule has 0 aliphatic heterocycles. The maximum atomic E-state index is 5.76. The molecule has 3 N–H and O–H groups in total. The van der Waals surface area contributed by atoms with Gasteiger partial charge >= 0.3 is 0 Å². The number of hydrogen-bond acceptors (Lipinski definition) is 5. The van der Waals surface area contributed by atoms with Crippen LogP contribution in [-0.2, 0) is 11.8 Å². The van der Waals surface area contributed by atoms with Crippen molar-refractivity contribution in [2.24, 2.45) is 5.84 Å². The second-order valence-corrected chi connectivity index (χ2v) is 6.93. The normalized spacial score (nSPS) is 13.4. The molecule has 0 aliphatic carbocycles. The topological polar surface area (TPSA) is 63.8 Å². The first-order chi connectivity index (χ1) is 9.41. The van der Waals surface area contributed by atoms with E-state index < -0.39 is 0 Å². The summed E-state index contributed by atoms with van der Waals surface area (Å²) >= 11 is 1.43. The molecule has 2 rings (SSSR count). The van der Waals surface area contributed by atoms with E-state index in [1.165, 1.54) is 22.7 Å². The minimum absolute atomic E-state index is 0.0238. The van der Waals surface area contributed by atoms with Gasteiger partial charge in [-0.3, -0.25) is 11.3 Å². The first kappa shape index (κ1) is 15.1. The van der Waals surface area contributed by atoms with E-state index in [4.69, 9.17) is 5.84 Å². The minimum Gasteiger partial charge on any atom is -0.271 e. The number of aryl methyl sites for hydroxylation is 1. The number of aromatic nitrogens is 2. The molecule has 1 atom stereocenters. The second kappa shape index (κ2) is 5.99. The predicted molar refractivity (Wildman–Crippen MR) is 83.6 cm³/mol. The van der Waals surface area contributed by atoms with Gasteiger partial charge in [-0.25, -0.2) is 0 Å². The van der Waals surface area contributed by atoms with Gasteiger partial charge in [-0.05, 0) is 30.4 Å². The van der Waals surface area contributed by atoms with Crippen LogP contribution in [0.4, 0.5) is 0 Å². The van der Waals surface area contributed by atoms with E-state index in [-0.39, 0.29) is 11.5 Å². The van der Waals surface area contributed by atoms with Gasteiger partial charge in [0.25, 0.3) is 0 Å². The molecule has 0 spiro atoms. The molecule has 0 saturated carbocycles. The Hall–Kier alpha value is -1.30. The highest BCUT2D eigenvalue weighted by atomic mass is 32.1. The molecule has 0 radical (unpaired) electrons. The van der Waals surface area contributed by atoms with E-state index in [0.717, 1.165) is 17.0 Å². The Kier molecular flexibility index (Phi) is 4.52. The van der Waals surface area contributed by atoms with Crippen molar-refractivity contribution in [1.29, 1.82) is 0 Å². The minimum atomic E-state index is -0.0238. The molecule has 2 aromatic rings. The molecule has 0 bridgehead atoms. The zero-order chi connectivity index (χ0) is 14.8. The zero-order valence-corrected chi connectivity index (χ0v) is 13.3. The lowest BCUT2D eigenvalue weighted by Gasteiger charge is -2.21.